The van der Waals surface area contributed by atoms with Crippen molar-refractivity contribution in [2.24, 2.45) is 11.8 Å². The van der Waals surface area contributed by atoms with E-state index >= 15 is 0 Å². The quantitative estimate of drug-likeness (QED) is 0.353. The first-order valence-electron chi connectivity index (χ1n) is 7.93. The number of hydrogen-bond acceptors (Lipinski definition) is 2. The maximum atomic E-state index is 13.2. The highest BCUT2D eigenvalue weighted by molar-refractivity contribution is 4.87. The molecule has 0 spiro atoms. The topological polar surface area (TPSA) is 38.0 Å². The number of halogens is 2. The summed E-state index contributed by atoms with van der Waals surface area (Å²) in [5, 5.41) is 0. The fraction of sp³-hybridized carbons (Fsp3) is 1.00. The molecular formula is C15H30F2N2. The van der Waals surface area contributed by atoms with E-state index in [0.717, 1.165) is 12.8 Å². The number of nitrogens with one attached hydrogen (secondary N) is 1. The number of unbranched alkanes of at least 4 members (excludes halogenated alkanes) is 6. The van der Waals surface area contributed by atoms with Crippen molar-refractivity contribution >= 4 is 0 Å². The molecule has 0 aromatic heterocycles. The Labute approximate surface area is 116 Å². The minimum atomic E-state index is -2.46. The van der Waals surface area contributed by atoms with E-state index < -0.39 is 5.92 Å². The van der Waals surface area contributed by atoms with E-state index in [2.05, 4.69) is 12.3 Å². The molecule has 114 valence electrons. The molecule has 4 heteroatoms. The molecule has 0 radical (unpaired) electrons. The summed E-state index contributed by atoms with van der Waals surface area (Å²) in [5.41, 5.74) is 2.76. The van der Waals surface area contributed by atoms with Crippen LogP contribution in [0.2, 0.25) is 0 Å². The number of hydrogen-bond donors (Lipinski definition) is 2. The van der Waals surface area contributed by atoms with Crippen LogP contribution in [0.4, 0.5) is 8.78 Å². The maximum Gasteiger partial charge on any atom is 0.248 e. The van der Waals surface area contributed by atoms with Gasteiger partial charge >= 0.3 is 0 Å². The van der Waals surface area contributed by atoms with Gasteiger partial charge in [0.15, 0.2) is 0 Å². The van der Waals surface area contributed by atoms with Gasteiger partial charge < -0.3 is 0 Å². The zero-order valence-corrected chi connectivity index (χ0v) is 12.3. The zero-order valence-electron chi connectivity index (χ0n) is 12.3. The van der Waals surface area contributed by atoms with E-state index in [1.165, 1.54) is 38.5 Å². The summed E-state index contributed by atoms with van der Waals surface area (Å²) < 4.78 is 26.4. The molecule has 2 nitrogen and oxygen atoms in total. The summed E-state index contributed by atoms with van der Waals surface area (Å²) >= 11 is 0. The number of nitrogens with two attached hydrogens (primary N) is 1. The molecule has 1 saturated carbocycles. The number of rotatable bonds is 10. The molecule has 0 heterocycles. The Hall–Kier alpha value is -0.220. The molecule has 1 aliphatic rings. The second-order valence-corrected chi connectivity index (χ2v) is 6.04. The third-order valence-corrected chi connectivity index (χ3v) is 4.34. The van der Waals surface area contributed by atoms with Crippen LogP contribution >= 0.6 is 0 Å². The Balaban J connectivity index is 2.09. The summed E-state index contributed by atoms with van der Waals surface area (Å²) in [7, 11) is 0. The first-order valence-corrected chi connectivity index (χ1v) is 7.93. The van der Waals surface area contributed by atoms with Gasteiger partial charge in [-0.05, 0) is 18.8 Å². The van der Waals surface area contributed by atoms with Gasteiger partial charge in [-0.3, -0.25) is 11.3 Å². The minimum absolute atomic E-state index is 0.0123. The molecule has 2 unspecified atom stereocenters. The van der Waals surface area contributed by atoms with Crippen LogP contribution in [-0.4, -0.2) is 12.0 Å². The van der Waals surface area contributed by atoms with Crippen LogP contribution in [0.15, 0.2) is 0 Å². The van der Waals surface area contributed by atoms with E-state index in [4.69, 9.17) is 5.84 Å². The molecule has 1 rings (SSSR count). The third kappa shape index (κ3) is 6.66. The van der Waals surface area contributed by atoms with Gasteiger partial charge in [-0.25, -0.2) is 8.78 Å². The lowest BCUT2D eigenvalue weighted by atomic mass is 9.93. The van der Waals surface area contributed by atoms with Gasteiger partial charge in [-0.1, -0.05) is 51.9 Å². The van der Waals surface area contributed by atoms with Crippen LogP contribution in [0.5, 0.6) is 0 Å². The van der Waals surface area contributed by atoms with Crippen LogP contribution in [0.25, 0.3) is 0 Å². The van der Waals surface area contributed by atoms with Crippen molar-refractivity contribution in [3.63, 3.8) is 0 Å². The number of hydrazine groups is 1. The van der Waals surface area contributed by atoms with Crippen LogP contribution < -0.4 is 11.3 Å². The van der Waals surface area contributed by atoms with Gasteiger partial charge in [0.2, 0.25) is 5.92 Å². The molecule has 0 amide bonds. The lowest BCUT2D eigenvalue weighted by Crippen LogP contribution is -2.40. The molecule has 0 saturated heterocycles. The predicted octanol–water partition coefficient (Wildman–Crippen LogP) is 4.39. The molecule has 1 aliphatic carbocycles. The fourth-order valence-electron chi connectivity index (χ4n) is 3.10. The lowest BCUT2D eigenvalue weighted by Gasteiger charge is -2.22. The first-order chi connectivity index (χ1) is 9.09. The molecule has 0 aromatic rings. The second-order valence-electron chi connectivity index (χ2n) is 6.04. The smallest absolute Gasteiger partial charge is 0.248 e. The van der Waals surface area contributed by atoms with Crippen molar-refractivity contribution < 1.29 is 8.78 Å². The molecule has 0 bridgehead atoms. The van der Waals surface area contributed by atoms with Crippen molar-refractivity contribution in [1.29, 1.82) is 0 Å². The monoisotopic (exact) mass is 276 g/mol. The standard InChI is InChI=1S/C15H30F2N2/c1-2-3-4-5-6-7-8-9-14(19-18)13-10-11-15(16,17)12-13/h13-14,19H,2-12,18H2,1H3. The van der Waals surface area contributed by atoms with Gasteiger partial charge in [-0.15, -0.1) is 0 Å². The Morgan fingerprint density at radius 1 is 1.16 bits per heavy atom. The molecule has 0 aromatic carbocycles. The van der Waals surface area contributed by atoms with Crippen molar-refractivity contribution in [1.82, 2.24) is 5.43 Å². The Bertz CT molecular complexity index is 234. The van der Waals surface area contributed by atoms with Crippen molar-refractivity contribution in [2.75, 3.05) is 0 Å². The molecule has 0 aliphatic heterocycles. The van der Waals surface area contributed by atoms with Gasteiger partial charge in [-0.2, -0.15) is 0 Å². The molecule has 2 atom stereocenters. The van der Waals surface area contributed by atoms with E-state index in [9.17, 15) is 8.78 Å². The highest BCUT2D eigenvalue weighted by atomic mass is 19.3. The average molecular weight is 276 g/mol. The van der Waals surface area contributed by atoms with Crippen molar-refractivity contribution in [3.8, 4) is 0 Å². The molecule has 19 heavy (non-hydrogen) atoms. The normalized spacial score (nSPS) is 23.7. The van der Waals surface area contributed by atoms with Crippen LogP contribution in [-0.2, 0) is 0 Å². The Morgan fingerprint density at radius 2 is 1.79 bits per heavy atom. The zero-order chi connectivity index (χ0) is 14.1. The van der Waals surface area contributed by atoms with Gasteiger partial charge in [0.25, 0.3) is 0 Å². The summed E-state index contributed by atoms with van der Waals surface area (Å²) in [5.74, 6) is 3.12. The van der Waals surface area contributed by atoms with Crippen LogP contribution in [0.1, 0.15) is 77.6 Å². The Kier molecular flexibility index (Phi) is 7.84. The third-order valence-electron chi connectivity index (χ3n) is 4.34. The molecule has 1 fully saturated rings. The van der Waals surface area contributed by atoms with Crippen LogP contribution in [0.3, 0.4) is 0 Å². The van der Waals surface area contributed by atoms with E-state index in [0.29, 0.717) is 6.42 Å². The lowest BCUT2D eigenvalue weighted by molar-refractivity contribution is 0.00311. The summed E-state index contributed by atoms with van der Waals surface area (Å²) in [6.07, 6.45) is 10.4. The highest BCUT2D eigenvalue weighted by Crippen LogP contribution is 2.41. The van der Waals surface area contributed by atoms with E-state index in [1.54, 1.807) is 0 Å². The maximum absolute atomic E-state index is 13.2. The van der Waals surface area contributed by atoms with Gasteiger partial charge in [0, 0.05) is 18.9 Å². The predicted molar refractivity (Wildman–Crippen MR) is 76.0 cm³/mol. The minimum Gasteiger partial charge on any atom is -0.271 e. The van der Waals surface area contributed by atoms with E-state index in [1.807, 2.05) is 0 Å². The Morgan fingerprint density at radius 3 is 2.32 bits per heavy atom. The van der Waals surface area contributed by atoms with Crippen LogP contribution in [0, 0.1) is 5.92 Å². The fourth-order valence-corrected chi connectivity index (χ4v) is 3.10. The molecule has 3 N–H and O–H groups in total. The molecular weight excluding hydrogens is 246 g/mol. The SMILES string of the molecule is CCCCCCCCCC(NN)C1CCC(F)(F)C1. The van der Waals surface area contributed by atoms with Crippen molar-refractivity contribution in [2.45, 2.75) is 89.5 Å². The number of alkyl halides is 2. The largest absolute Gasteiger partial charge is 0.271 e. The summed E-state index contributed by atoms with van der Waals surface area (Å²) in [6, 6.07) is 0.0732. The highest BCUT2D eigenvalue weighted by Gasteiger charge is 2.41. The average Bonchev–Trinajstić information content (AvgIpc) is 2.73. The second kappa shape index (κ2) is 8.85. The van der Waals surface area contributed by atoms with Crippen molar-refractivity contribution in [3.05, 3.63) is 0 Å². The summed E-state index contributed by atoms with van der Waals surface area (Å²) in [6.45, 7) is 2.22. The first kappa shape index (κ1) is 16.8. The van der Waals surface area contributed by atoms with Gasteiger partial charge in [0.05, 0.1) is 0 Å². The summed E-state index contributed by atoms with van der Waals surface area (Å²) in [4.78, 5) is 0. The van der Waals surface area contributed by atoms with Gasteiger partial charge in [0.1, 0.15) is 0 Å². The van der Waals surface area contributed by atoms with E-state index in [-0.39, 0.29) is 24.8 Å².